The van der Waals surface area contributed by atoms with Crippen LogP contribution in [-0.2, 0) is 16.7 Å². The summed E-state index contributed by atoms with van der Waals surface area (Å²) in [5.74, 6) is -12.8. The lowest BCUT2D eigenvalue weighted by Crippen LogP contribution is -2.31. The van der Waals surface area contributed by atoms with Crippen LogP contribution >= 0.6 is 0 Å². The van der Waals surface area contributed by atoms with Gasteiger partial charge in [-0.3, -0.25) is 0 Å². The molecule has 10 heteroatoms. The second kappa shape index (κ2) is 8.86. The Labute approximate surface area is 141 Å². The summed E-state index contributed by atoms with van der Waals surface area (Å²) in [5.41, 5.74) is 0. The number of benzene rings is 1. The molecule has 0 N–H and O–H groups in total. The number of aromatic nitrogens is 1. The largest absolute Gasteiger partial charge is 0.744 e. The molecule has 2 aromatic rings. The van der Waals surface area contributed by atoms with Crippen LogP contribution in [0.25, 0.3) is 0 Å². The van der Waals surface area contributed by atoms with Gasteiger partial charge in [-0.15, -0.1) is 0 Å². The molecule has 0 fully saturated rings. The first-order valence-corrected chi connectivity index (χ1v) is 8.43. The Balaban J connectivity index is 0.000000271. The molecule has 0 amide bonds. The number of hydrogen-bond acceptors (Lipinski definition) is 3. The molecule has 0 atom stereocenters. The van der Waals surface area contributed by atoms with Crippen molar-refractivity contribution in [2.75, 3.05) is 0 Å². The van der Waals surface area contributed by atoms with Gasteiger partial charge in [0.15, 0.2) is 35.7 Å². The highest BCUT2D eigenvalue weighted by molar-refractivity contribution is 7.85. The number of hydrogen-bond donors (Lipinski definition) is 0. The lowest BCUT2D eigenvalue weighted by atomic mass is 10.3. The fourth-order valence-corrected chi connectivity index (χ4v) is 2.35. The molecule has 1 aromatic carbocycles. The average Bonchev–Trinajstić information content (AvgIpc) is 2.57. The molecule has 4 nitrogen and oxygen atoms in total. The first-order valence-electron chi connectivity index (χ1n) is 7.02. The molecule has 1 heterocycles. The van der Waals surface area contributed by atoms with Gasteiger partial charge in [0.2, 0.25) is 5.82 Å². The average molecular weight is 383 g/mol. The van der Waals surface area contributed by atoms with Crippen LogP contribution in [0.1, 0.15) is 19.8 Å². The number of unbranched alkanes of at least 4 members (excludes halogenated alkanes) is 1. The molecule has 0 aliphatic heterocycles. The van der Waals surface area contributed by atoms with Gasteiger partial charge in [0.25, 0.3) is 0 Å². The van der Waals surface area contributed by atoms with Gasteiger partial charge in [-0.2, -0.15) is 0 Å². The summed E-state index contributed by atoms with van der Waals surface area (Å²) >= 11 is 0. The molecule has 2 rings (SSSR count). The standard InChI is InChI=1S/C9H14N.C6HF5O3S/c1-2-3-7-10-8-5-4-6-9-10;7-1-2(8)4(10)6(15(12,13)14)5(11)3(1)9/h4-6,8-9H,2-3,7H2,1H3;(H,12,13,14)/q+1;/p-1. The number of aryl methyl sites for hydroxylation is 1. The molecular weight excluding hydrogens is 369 g/mol. The summed E-state index contributed by atoms with van der Waals surface area (Å²) in [4.78, 5) is -2.38. The van der Waals surface area contributed by atoms with Crippen molar-refractivity contribution in [1.82, 2.24) is 0 Å². The van der Waals surface area contributed by atoms with E-state index in [9.17, 15) is 34.9 Å². The minimum absolute atomic E-state index is 1.15. The smallest absolute Gasteiger partial charge is 0.200 e. The fraction of sp³-hybridized carbons (Fsp3) is 0.267. The van der Waals surface area contributed by atoms with E-state index in [0.29, 0.717) is 0 Å². The van der Waals surface area contributed by atoms with E-state index in [1.165, 1.54) is 12.8 Å². The molecule has 0 unspecified atom stereocenters. The molecule has 138 valence electrons. The second-order valence-corrected chi connectivity index (χ2v) is 6.14. The van der Waals surface area contributed by atoms with E-state index in [1.807, 2.05) is 6.07 Å². The van der Waals surface area contributed by atoms with Crippen LogP contribution in [0.5, 0.6) is 0 Å². The monoisotopic (exact) mass is 383 g/mol. The number of halogens is 5. The molecule has 0 saturated heterocycles. The zero-order valence-corrected chi connectivity index (χ0v) is 13.8. The number of nitrogens with zero attached hydrogens (tertiary/aromatic N) is 1. The molecule has 0 bridgehead atoms. The van der Waals surface area contributed by atoms with Gasteiger partial charge in [-0.1, -0.05) is 19.4 Å². The maximum atomic E-state index is 12.6. The van der Waals surface area contributed by atoms with E-state index in [-0.39, 0.29) is 0 Å². The van der Waals surface area contributed by atoms with Gasteiger partial charge in [0, 0.05) is 18.6 Å². The van der Waals surface area contributed by atoms with Gasteiger partial charge in [-0.05, 0) is 0 Å². The highest BCUT2D eigenvalue weighted by Crippen LogP contribution is 2.26. The van der Waals surface area contributed by atoms with Gasteiger partial charge in [-0.25, -0.2) is 34.9 Å². The normalized spacial score (nSPS) is 11.0. The van der Waals surface area contributed by atoms with Crippen molar-refractivity contribution in [3.8, 4) is 0 Å². The van der Waals surface area contributed by atoms with E-state index >= 15 is 0 Å². The number of rotatable bonds is 4. The third kappa shape index (κ3) is 5.46. The van der Waals surface area contributed by atoms with Crippen molar-refractivity contribution in [2.24, 2.45) is 0 Å². The Kier molecular flexibility index (Phi) is 7.43. The highest BCUT2D eigenvalue weighted by atomic mass is 32.2. The van der Waals surface area contributed by atoms with Crippen molar-refractivity contribution in [1.29, 1.82) is 0 Å². The molecule has 0 spiro atoms. The Bertz CT molecular complexity index is 800. The van der Waals surface area contributed by atoms with Crippen molar-refractivity contribution in [2.45, 2.75) is 31.2 Å². The van der Waals surface area contributed by atoms with Gasteiger partial charge in [0.05, 0.1) is 0 Å². The van der Waals surface area contributed by atoms with E-state index in [1.54, 1.807) is 0 Å². The van der Waals surface area contributed by atoms with Gasteiger partial charge in [0.1, 0.15) is 21.6 Å². The van der Waals surface area contributed by atoms with Crippen LogP contribution in [-0.4, -0.2) is 13.0 Å². The molecule has 0 aliphatic carbocycles. The fourth-order valence-electron chi connectivity index (χ4n) is 1.73. The minimum atomic E-state index is -5.77. The van der Waals surface area contributed by atoms with Gasteiger partial charge < -0.3 is 4.55 Å². The summed E-state index contributed by atoms with van der Waals surface area (Å²) in [5, 5.41) is 0. The second-order valence-electron chi connectivity index (χ2n) is 4.82. The first kappa shape index (κ1) is 21.0. The quantitative estimate of drug-likeness (QED) is 0.268. The van der Waals surface area contributed by atoms with Crippen LogP contribution in [0.3, 0.4) is 0 Å². The molecule has 0 saturated carbocycles. The molecule has 1 aromatic heterocycles. The minimum Gasteiger partial charge on any atom is -0.744 e. The predicted molar refractivity (Wildman–Crippen MR) is 75.7 cm³/mol. The highest BCUT2D eigenvalue weighted by Gasteiger charge is 2.28. The summed E-state index contributed by atoms with van der Waals surface area (Å²) in [7, 11) is -5.77. The van der Waals surface area contributed by atoms with Crippen LogP contribution in [0.2, 0.25) is 0 Å². The van der Waals surface area contributed by atoms with E-state index in [4.69, 9.17) is 0 Å². The third-order valence-electron chi connectivity index (χ3n) is 2.97. The lowest BCUT2D eigenvalue weighted by Gasteiger charge is -2.10. The Morgan fingerprint density at radius 3 is 1.72 bits per heavy atom. The van der Waals surface area contributed by atoms with Crippen molar-refractivity contribution in [3.63, 3.8) is 0 Å². The summed E-state index contributed by atoms with van der Waals surface area (Å²) in [6, 6.07) is 6.17. The topological polar surface area (TPSA) is 61.1 Å². The Morgan fingerprint density at radius 2 is 1.32 bits per heavy atom. The number of pyridine rings is 1. The first-order chi connectivity index (χ1) is 11.6. The maximum absolute atomic E-state index is 12.6. The van der Waals surface area contributed by atoms with Crippen LogP contribution in [0, 0.1) is 29.1 Å². The molecular formula is C15H14F5NO3S. The summed E-state index contributed by atoms with van der Waals surface area (Å²) in [6.45, 7) is 3.36. The van der Waals surface area contributed by atoms with Gasteiger partial charge >= 0.3 is 0 Å². The van der Waals surface area contributed by atoms with E-state index in [2.05, 4.69) is 36.0 Å². The summed E-state index contributed by atoms with van der Waals surface area (Å²) in [6.07, 6.45) is 6.75. The van der Waals surface area contributed by atoms with Crippen LogP contribution in [0.15, 0.2) is 35.5 Å². The maximum Gasteiger partial charge on any atom is 0.200 e. The van der Waals surface area contributed by atoms with E-state index in [0.717, 1.165) is 6.54 Å². The lowest BCUT2D eigenvalue weighted by molar-refractivity contribution is -0.697. The molecule has 0 aliphatic rings. The zero-order chi connectivity index (χ0) is 19.2. The van der Waals surface area contributed by atoms with Crippen molar-refractivity contribution >= 4 is 10.1 Å². The van der Waals surface area contributed by atoms with Crippen LogP contribution in [0.4, 0.5) is 22.0 Å². The predicted octanol–water partition coefficient (Wildman–Crippen LogP) is 3.06. The Hall–Kier alpha value is -2.07. The zero-order valence-electron chi connectivity index (χ0n) is 13.0. The van der Waals surface area contributed by atoms with Crippen molar-refractivity contribution in [3.05, 3.63) is 59.7 Å². The SMILES string of the molecule is CCCC[n+]1ccccc1.O=S(=O)([O-])c1c(F)c(F)c(F)c(F)c1F. The summed E-state index contributed by atoms with van der Waals surface area (Å²) < 4.78 is 95.1. The van der Waals surface area contributed by atoms with Crippen molar-refractivity contribution < 1.29 is 39.5 Å². The Morgan fingerprint density at radius 1 is 0.880 bits per heavy atom. The molecule has 25 heavy (non-hydrogen) atoms. The molecule has 0 radical (unpaired) electrons. The van der Waals surface area contributed by atoms with E-state index < -0.39 is 44.1 Å². The third-order valence-corrected chi connectivity index (χ3v) is 3.83. The van der Waals surface area contributed by atoms with Crippen LogP contribution < -0.4 is 4.57 Å².